The molecule has 4 nitrogen and oxygen atoms in total. The van der Waals surface area contributed by atoms with Gasteiger partial charge in [0.2, 0.25) is 0 Å². The first kappa shape index (κ1) is 32.7. The van der Waals surface area contributed by atoms with Crippen molar-refractivity contribution in [3.63, 3.8) is 0 Å². The Morgan fingerprint density at radius 2 is 1.82 bits per heavy atom. The van der Waals surface area contributed by atoms with Crippen LogP contribution in [0.25, 0.3) is 0 Å². The molecule has 130 valence electrons. The number of nitrogen functional groups attached to an aromatic ring is 1. The number of amidine groups is 1. The van der Waals surface area contributed by atoms with Gasteiger partial charge in [-0.2, -0.15) is 12.3 Å². The number of hydrogen-bond acceptors (Lipinski definition) is 2. The Hall–Kier alpha value is -1.15. The second-order valence-corrected chi connectivity index (χ2v) is 4.17. The van der Waals surface area contributed by atoms with E-state index in [1.165, 1.54) is 6.34 Å². The smallest absolute Gasteiger partial charge is 0.122 e. The maximum Gasteiger partial charge on any atom is 0.122 e. The molecule has 0 radical (unpaired) electrons. The van der Waals surface area contributed by atoms with Crippen LogP contribution in [0.5, 0.6) is 0 Å². The molecule has 1 atom stereocenters. The summed E-state index contributed by atoms with van der Waals surface area (Å²) >= 11 is 0. The standard InChI is InChI=1S/C8H10N2.C6H12.CH3N2.2CH4.W/c1-6-3-2-4-7(5-6)8(9)10;1-4-5-6(2)3;2-1-3;;;/h2-5H,1H3,(H3,9,10);6H,1-2,4-5H2,3H3;(H3,2,3);2*1H4;/q;-2;-1;;;. The average molecular weight is 477 g/mol. The van der Waals surface area contributed by atoms with Crippen LogP contribution in [0.4, 0.5) is 0 Å². The monoisotopic (exact) mass is 477 g/mol. The maximum atomic E-state index is 7.11. The number of nitrogens with one attached hydrogen (secondary N) is 2. The summed E-state index contributed by atoms with van der Waals surface area (Å²) in [5.74, 6) is 0.714. The van der Waals surface area contributed by atoms with Gasteiger partial charge in [0.05, 0.1) is 0 Å². The summed E-state index contributed by atoms with van der Waals surface area (Å²) in [6, 6.07) is 7.59. The van der Waals surface area contributed by atoms with Crippen LogP contribution in [0, 0.1) is 37.5 Å². The van der Waals surface area contributed by atoms with Crippen LogP contribution in [0.2, 0.25) is 0 Å². The van der Waals surface area contributed by atoms with E-state index in [4.69, 9.17) is 16.6 Å². The Labute approximate surface area is 152 Å². The van der Waals surface area contributed by atoms with Crippen molar-refractivity contribution in [3.8, 4) is 0 Å². The molecule has 1 rings (SSSR count). The van der Waals surface area contributed by atoms with Gasteiger partial charge in [0.15, 0.2) is 0 Å². The van der Waals surface area contributed by atoms with Gasteiger partial charge in [0.1, 0.15) is 5.84 Å². The minimum absolute atomic E-state index is 0. The summed E-state index contributed by atoms with van der Waals surface area (Å²) in [5.41, 5.74) is 11.5. The van der Waals surface area contributed by atoms with Gasteiger partial charge in [-0.1, -0.05) is 45.5 Å². The average Bonchev–Trinajstić information content (AvgIpc) is 2.30. The van der Waals surface area contributed by atoms with Crippen molar-refractivity contribution < 1.29 is 21.1 Å². The van der Waals surface area contributed by atoms with Crippen LogP contribution < -0.4 is 11.5 Å². The van der Waals surface area contributed by atoms with Crippen molar-refractivity contribution in [1.29, 1.82) is 10.8 Å². The number of hydrogen-bond donors (Lipinski definition) is 4. The van der Waals surface area contributed by atoms with Gasteiger partial charge < -0.3 is 37.1 Å². The molecule has 1 aromatic carbocycles. The zero-order valence-electron chi connectivity index (χ0n) is 12.3. The third-order valence-corrected chi connectivity index (χ3v) is 2.03. The van der Waals surface area contributed by atoms with Crippen molar-refractivity contribution in [1.82, 2.24) is 0 Å². The van der Waals surface area contributed by atoms with Crippen molar-refractivity contribution in [2.45, 2.75) is 41.5 Å². The SMILES string of the molecule is C.C.Cc1cccc(C(=N)N)c1.N=[C-]N.[CH2-]CCC([CH2-])C.[W]. The molecule has 0 saturated carbocycles. The van der Waals surface area contributed by atoms with Crippen molar-refractivity contribution >= 4 is 12.2 Å². The zero-order valence-corrected chi connectivity index (χ0v) is 15.2. The molecule has 0 saturated heterocycles. The van der Waals surface area contributed by atoms with E-state index in [-0.39, 0.29) is 41.8 Å². The van der Waals surface area contributed by atoms with Gasteiger partial charge in [-0.05, 0) is 13.0 Å². The molecule has 0 aliphatic heterocycles. The molecule has 22 heavy (non-hydrogen) atoms. The molecule has 0 spiro atoms. The summed E-state index contributed by atoms with van der Waals surface area (Å²) in [5, 5.41) is 12.8. The Morgan fingerprint density at radius 3 is 2.00 bits per heavy atom. The predicted octanol–water partition coefficient (Wildman–Crippen LogP) is 4.05. The fourth-order valence-electron chi connectivity index (χ4n) is 1.16. The molecule has 0 bridgehead atoms. The normalized spacial score (nSPS) is 8.73. The molecular formula is C17H33N4W-3. The van der Waals surface area contributed by atoms with E-state index in [1.807, 2.05) is 31.2 Å². The van der Waals surface area contributed by atoms with E-state index in [1.54, 1.807) is 0 Å². The first-order valence-electron chi connectivity index (χ1n) is 6.04. The van der Waals surface area contributed by atoms with Crippen LogP contribution in [-0.4, -0.2) is 12.2 Å². The maximum absolute atomic E-state index is 7.11. The first-order valence-corrected chi connectivity index (χ1v) is 6.04. The minimum Gasteiger partial charge on any atom is -0.563 e. The quantitative estimate of drug-likeness (QED) is 0.229. The van der Waals surface area contributed by atoms with E-state index < -0.39 is 0 Å². The van der Waals surface area contributed by atoms with Crippen molar-refractivity contribution in [3.05, 3.63) is 49.2 Å². The van der Waals surface area contributed by atoms with Crippen LogP contribution in [0.15, 0.2) is 24.3 Å². The Balaban J connectivity index is -0.0000000709. The summed E-state index contributed by atoms with van der Waals surface area (Å²) in [6.45, 7) is 11.6. The second kappa shape index (κ2) is 22.1. The molecule has 0 aliphatic carbocycles. The number of aryl methyl sites for hydroxylation is 1. The topological polar surface area (TPSA) is 99.7 Å². The Morgan fingerprint density at radius 1 is 1.36 bits per heavy atom. The largest absolute Gasteiger partial charge is 0.563 e. The molecule has 0 amide bonds. The van der Waals surface area contributed by atoms with Gasteiger partial charge in [-0.15, -0.1) is 6.42 Å². The minimum atomic E-state index is 0. The summed E-state index contributed by atoms with van der Waals surface area (Å²) < 4.78 is 0. The molecule has 0 heterocycles. The third kappa shape index (κ3) is 23.9. The predicted molar refractivity (Wildman–Crippen MR) is 96.7 cm³/mol. The van der Waals surface area contributed by atoms with Gasteiger partial charge in [0.25, 0.3) is 0 Å². The van der Waals surface area contributed by atoms with Crippen LogP contribution in [0.3, 0.4) is 0 Å². The van der Waals surface area contributed by atoms with Crippen LogP contribution in [0.1, 0.15) is 45.7 Å². The summed E-state index contributed by atoms with van der Waals surface area (Å²) in [4.78, 5) is 0. The molecule has 5 heteroatoms. The van der Waals surface area contributed by atoms with Gasteiger partial charge in [-0.25, -0.2) is 0 Å². The van der Waals surface area contributed by atoms with Gasteiger partial charge in [-0.3, -0.25) is 5.41 Å². The third-order valence-electron chi connectivity index (χ3n) is 2.03. The van der Waals surface area contributed by atoms with E-state index in [2.05, 4.69) is 26.5 Å². The molecular weight excluding hydrogens is 444 g/mol. The molecule has 1 unspecified atom stereocenters. The molecule has 0 aromatic heterocycles. The zero-order chi connectivity index (χ0) is 15.3. The van der Waals surface area contributed by atoms with E-state index >= 15 is 0 Å². The second-order valence-electron chi connectivity index (χ2n) is 4.17. The molecule has 6 N–H and O–H groups in total. The van der Waals surface area contributed by atoms with E-state index in [0.717, 1.165) is 24.0 Å². The fourth-order valence-corrected chi connectivity index (χ4v) is 1.16. The molecule has 0 fully saturated rings. The van der Waals surface area contributed by atoms with Gasteiger partial charge in [0, 0.05) is 26.6 Å². The number of rotatable bonds is 3. The van der Waals surface area contributed by atoms with Crippen molar-refractivity contribution in [2.24, 2.45) is 17.4 Å². The molecule has 1 aromatic rings. The number of nitrogens with two attached hydrogens (primary N) is 2. The van der Waals surface area contributed by atoms with E-state index in [9.17, 15) is 0 Å². The number of benzene rings is 1. The summed E-state index contributed by atoms with van der Waals surface area (Å²) in [7, 11) is 0. The van der Waals surface area contributed by atoms with E-state index in [0.29, 0.717) is 5.92 Å². The summed E-state index contributed by atoms with van der Waals surface area (Å²) in [6.07, 6.45) is 3.67. The van der Waals surface area contributed by atoms with Crippen LogP contribution >= 0.6 is 0 Å². The Kier molecular flexibility index (Phi) is 32.9. The fraction of sp³-hybridized carbons (Fsp3) is 0.412. The van der Waals surface area contributed by atoms with Crippen LogP contribution in [-0.2, 0) is 21.1 Å². The first-order chi connectivity index (χ1) is 8.88. The van der Waals surface area contributed by atoms with Crippen molar-refractivity contribution in [2.75, 3.05) is 0 Å². The Bertz CT molecular complexity index is 365. The van der Waals surface area contributed by atoms with Gasteiger partial charge >= 0.3 is 0 Å². The molecule has 0 aliphatic rings.